The van der Waals surface area contributed by atoms with Crippen molar-refractivity contribution in [3.63, 3.8) is 0 Å². The van der Waals surface area contributed by atoms with E-state index in [-0.39, 0.29) is 0 Å². The SMILES string of the molecule is CCCCCCCCCCCCNOC(=O)N=S(=O)=O. The lowest BCUT2D eigenvalue weighted by Crippen LogP contribution is -2.18. The molecule has 0 aliphatic rings. The third kappa shape index (κ3) is 15.1. The van der Waals surface area contributed by atoms with E-state index in [1.54, 1.807) is 0 Å². The molecule has 0 saturated carbocycles. The Labute approximate surface area is 122 Å². The van der Waals surface area contributed by atoms with Gasteiger partial charge in [0.15, 0.2) is 0 Å². The fourth-order valence-electron chi connectivity index (χ4n) is 1.88. The molecule has 0 saturated heterocycles. The Morgan fingerprint density at radius 3 is 1.95 bits per heavy atom. The van der Waals surface area contributed by atoms with Crippen LogP contribution in [0.1, 0.15) is 71.1 Å². The number of hydroxylamine groups is 1. The molecule has 0 unspecified atom stereocenters. The normalized spacial score (nSPS) is 10.2. The number of rotatable bonds is 12. The molecule has 0 radical (unpaired) electrons. The standard InChI is InChI=1S/C13H26N2O4S/c1-2-3-4-5-6-7-8-9-10-11-12-14-19-13(16)15-20(17)18/h14H,2-12H2,1H3. The van der Waals surface area contributed by atoms with E-state index in [2.05, 4.69) is 21.6 Å². The molecule has 1 amide bonds. The molecule has 20 heavy (non-hydrogen) atoms. The Kier molecular flexibility index (Phi) is 13.8. The second kappa shape index (κ2) is 14.5. The van der Waals surface area contributed by atoms with Crippen LogP contribution in [0.2, 0.25) is 0 Å². The van der Waals surface area contributed by atoms with Crippen molar-refractivity contribution in [2.45, 2.75) is 71.1 Å². The molecule has 118 valence electrons. The van der Waals surface area contributed by atoms with Crippen LogP contribution >= 0.6 is 0 Å². The van der Waals surface area contributed by atoms with Crippen LogP contribution in [0.5, 0.6) is 0 Å². The van der Waals surface area contributed by atoms with Crippen molar-refractivity contribution in [1.29, 1.82) is 0 Å². The molecule has 0 rings (SSSR count). The molecule has 7 heteroatoms. The second-order valence-corrected chi connectivity index (χ2v) is 5.37. The van der Waals surface area contributed by atoms with Crippen molar-refractivity contribution in [2.24, 2.45) is 4.36 Å². The first-order chi connectivity index (χ1) is 9.66. The fraction of sp³-hybridized carbons (Fsp3) is 0.923. The first-order valence-electron chi connectivity index (χ1n) is 7.41. The van der Waals surface area contributed by atoms with Gasteiger partial charge >= 0.3 is 16.6 Å². The van der Waals surface area contributed by atoms with Gasteiger partial charge in [0.25, 0.3) is 0 Å². The van der Waals surface area contributed by atoms with E-state index in [0.717, 1.165) is 12.8 Å². The molecule has 0 spiro atoms. The molecule has 0 aromatic heterocycles. The van der Waals surface area contributed by atoms with E-state index in [9.17, 15) is 13.2 Å². The lowest BCUT2D eigenvalue weighted by atomic mass is 10.1. The maximum absolute atomic E-state index is 10.7. The van der Waals surface area contributed by atoms with Gasteiger partial charge in [-0.2, -0.15) is 13.9 Å². The van der Waals surface area contributed by atoms with E-state index in [1.165, 1.54) is 51.4 Å². The minimum absolute atomic E-state index is 0.517. The van der Waals surface area contributed by atoms with E-state index >= 15 is 0 Å². The third-order valence-corrected chi connectivity index (χ3v) is 3.24. The van der Waals surface area contributed by atoms with Gasteiger partial charge < -0.3 is 4.84 Å². The predicted octanol–water partition coefficient (Wildman–Crippen LogP) is 3.61. The Morgan fingerprint density at radius 1 is 0.950 bits per heavy atom. The molecule has 0 aliphatic carbocycles. The lowest BCUT2D eigenvalue weighted by Gasteiger charge is -2.03. The average Bonchev–Trinajstić information content (AvgIpc) is 2.39. The molecular formula is C13H26N2O4S. The molecule has 0 bridgehead atoms. The zero-order valence-electron chi connectivity index (χ0n) is 12.3. The van der Waals surface area contributed by atoms with Crippen molar-refractivity contribution in [3.05, 3.63) is 0 Å². The summed E-state index contributed by atoms with van der Waals surface area (Å²) in [6, 6.07) is 0. The summed E-state index contributed by atoms with van der Waals surface area (Å²) in [5.41, 5.74) is 2.40. The topological polar surface area (TPSA) is 84.8 Å². The molecule has 0 aliphatic heterocycles. The van der Waals surface area contributed by atoms with Crippen LogP contribution in [0.4, 0.5) is 4.79 Å². The van der Waals surface area contributed by atoms with Crippen LogP contribution in [-0.4, -0.2) is 21.1 Å². The van der Waals surface area contributed by atoms with Crippen molar-refractivity contribution in [1.82, 2.24) is 5.48 Å². The summed E-state index contributed by atoms with van der Waals surface area (Å²) in [5, 5.41) is 0. The molecule has 1 N–H and O–H groups in total. The summed E-state index contributed by atoms with van der Waals surface area (Å²) < 4.78 is 22.7. The van der Waals surface area contributed by atoms with Gasteiger partial charge in [0.1, 0.15) is 0 Å². The number of carbonyl (C=O) groups excluding carboxylic acids is 1. The second-order valence-electron chi connectivity index (χ2n) is 4.75. The zero-order valence-corrected chi connectivity index (χ0v) is 13.1. The molecule has 0 fully saturated rings. The third-order valence-electron chi connectivity index (χ3n) is 2.94. The van der Waals surface area contributed by atoms with E-state index in [4.69, 9.17) is 0 Å². The summed E-state index contributed by atoms with van der Waals surface area (Å²) in [6.45, 7) is 2.74. The van der Waals surface area contributed by atoms with Crippen LogP contribution < -0.4 is 5.48 Å². The summed E-state index contributed by atoms with van der Waals surface area (Å²) in [5.74, 6) is 0. The highest BCUT2D eigenvalue weighted by atomic mass is 32.2. The van der Waals surface area contributed by atoms with Gasteiger partial charge in [0.05, 0.1) is 0 Å². The van der Waals surface area contributed by atoms with Gasteiger partial charge in [-0.05, 0) is 6.42 Å². The van der Waals surface area contributed by atoms with Gasteiger partial charge in [0.2, 0.25) is 0 Å². The number of carbonyl (C=O) groups is 1. The minimum Gasteiger partial charge on any atom is -0.352 e. The van der Waals surface area contributed by atoms with Crippen molar-refractivity contribution in [2.75, 3.05) is 6.54 Å². The molecule has 0 aromatic rings. The Morgan fingerprint density at radius 2 is 1.45 bits per heavy atom. The van der Waals surface area contributed by atoms with Crippen LogP contribution in [0.25, 0.3) is 0 Å². The van der Waals surface area contributed by atoms with Gasteiger partial charge in [-0.1, -0.05) is 69.1 Å². The minimum atomic E-state index is -2.75. The fourth-order valence-corrected chi connectivity index (χ4v) is 2.04. The number of nitrogens with one attached hydrogen (secondary N) is 1. The lowest BCUT2D eigenvalue weighted by molar-refractivity contribution is 0.0986. The summed E-state index contributed by atoms with van der Waals surface area (Å²) in [4.78, 5) is 15.1. The number of nitrogens with zero attached hydrogens (tertiary/aromatic N) is 1. The summed E-state index contributed by atoms with van der Waals surface area (Å²) >= 11 is 0. The van der Waals surface area contributed by atoms with Gasteiger partial charge in [-0.3, -0.25) is 0 Å². The number of hydrogen-bond donors (Lipinski definition) is 1. The van der Waals surface area contributed by atoms with Crippen molar-refractivity contribution in [3.8, 4) is 0 Å². The average molecular weight is 306 g/mol. The highest BCUT2D eigenvalue weighted by Gasteiger charge is 1.99. The largest absolute Gasteiger partial charge is 0.467 e. The van der Waals surface area contributed by atoms with E-state index in [1.807, 2.05) is 0 Å². The highest BCUT2D eigenvalue weighted by molar-refractivity contribution is 7.62. The quantitative estimate of drug-likeness (QED) is 0.440. The van der Waals surface area contributed by atoms with Crippen LogP contribution in [0.3, 0.4) is 0 Å². The zero-order chi connectivity index (χ0) is 15.1. The number of hydrogen-bond acceptors (Lipinski definition) is 5. The smallest absolute Gasteiger partial charge is 0.352 e. The van der Waals surface area contributed by atoms with Crippen LogP contribution in [0.15, 0.2) is 4.36 Å². The predicted molar refractivity (Wildman–Crippen MR) is 77.7 cm³/mol. The Balaban J connectivity index is 3.17. The van der Waals surface area contributed by atoms with E-state index in [0.29, 0.717) is 6.54 Å². The summed E-state index contributed by atoms with van der Waals surface area (Å²) in [7, 11) is -2.75. The van der Waals surface area contributed by atoms with Gasteiger partial charge in [-0.25, -0.2) is 4.79 Å². The molecule has 0 aromatic carbocycles. The van der Waals surface area contributed by atoms with E-state index < -0.39 is 16.6 Å². The molecule has 0 atom stereocenters. The maximum atomic E-state index is 10.7. The Bertz CT molecular complexity index is 361. The first-order valence-corrected chi connectivity index (χ1v) is 8.44. The van der Waals surface area contributed by atoms with Crippen LogP contribution in [-0.2, 0) is 15.3 Å². The highest BCUT2D eigenvalue weighted by Crippen LogP contribution is 2.10. The maximum Gasteiger partial charge on any atom is 0.467 e. The van der Waals surface area contributed by atoms with Crippen molar-refractivity contribution >= 4 is 16.6 Å². The van der Waals surface area contributed by atoms with Gasteiger partial charge in [0, 0.05) is 6.54 Å². The molecule has 6 nitrogen and oxygen atoms in total. The summed E-state index contributed by atoms with van der Waals surface area (Å²) in [6.07, 6.45) is 11.2. The van der Waals surface area contributed by atoms with Crippen molar-refractivity contribution < 1.29 is 18.0 Å². The monoisotopic (exact) mass is 306 g/mol. The molecular weight excluding hydrogens is 280 g/mol. The van der Waals surface area contributed by atoms with Gasteiger partial charge in [-0.15, -0.1) is 0 Å². The van der Waals surface area contributed by atoms with Crippen LogP contribution in [0, 0.1) is 0 Å². The molecule has 0 heterocycles. The number of unbranched alkanes of at least 4 members (excludes halogenated alkanes) is 9. The Hall–Kier alpha value is -0.950. The number of amides is 1. The first kappa shape index (κ1) is 19.1.